The third kappa shape index (κ3) is 2.78. The van der Waals surface area contributed by atoms with Crippen LogP contribution in [0.1, 0.15) is 6.42 Å². The SMILES string of the molecule is C=CCC1=c2c(oc3cc(OC)cc(O)c3c2=O)=CC(OC)C1=COC. The number of rotatable bonds is 5. The molecule has 1 heterocycles. The lowest BCUT2D eigenvalue weighted by atomic mass is 9.92. The summed E-state index contributed by atoms with van der Waals surface area (Å²) < 4.78 is 21.7. The second kappa shape index (κ2) is 7.09. The Kier molecular flexibility index (Phi) is 4.86. The standard InChI is InChI=1S/C20H20O6/c1-5-6-12-13(10-23-2)15(25-4)9-17-18(12)20(22)19-14(21)7-11(24-3)8-16(19)26-17/h5,7-10,15,21H,1,6H2,2-4H3. The molecule has 0 saturated heterocycles. The molecule has 136 valence electrons. The first-order valence-corrected chi connectivity index (χ1v) is 8.01. The fraction of sp³-hybridized carbons (Fsp3) is 0.250. The Morgan fingerprint density at radius 1 is 1.31 bits per heavy atom. The molecule has 1 unspecified atom stereocenters. The lowest BCUT2D eigenvalue weighted by Crippen LogP contribution is -2.45. The molecule has 0 radical (unpaired) electrons. The molecule has 1 aromatic heterocycles. The minimum absolute atomic E-state index is 0.104. The summed E-state index contributed by atoms with van der Waals surface area (Å²) in [5.74, 6) is 0.201. The van der Waals surface area contributed by atoms with Gasteiger partial charge in [0.15, 0.2) is 0 Å². The van der Waals surface area contributed by atoms with Crippen LogP contribution in [-0.2, 0) is 9.47 Å². The number of aromatic hydroxyl groups is 1. The highest BCUT2D eigenvalue weighted by Gasteiger charge is 2.24. The van der Waals surface area contributed by atoms with Gasteiger partial charge in [-0.3, -0.25) is 4.79 Å². The van der Waals surface area contributed by atoms with Crippen molar-refractivity contribution < 1.29 is 23.7 Å². The lowest BCUT2D eigenvalue weighted by molar-refractivity contribution is 0.176. The minimum atomic E-state index is -0.433. The Labute approximate surface area is 149 Å². The second-order valence-electron chi connectivity index (χ2n) is 5.79. The zero-order chi connectivity index (χ0) is 18.8. The van der Waals surface area contributed by atoms with Gasteiger partial charge in [0.05, 0.1) is 25.7 Å². The summed E-state index contributed by atoms with van der Waals surface area (Å²) in [4.78, 5) is 13.2. The van der Waals surface area contributed by atoms with E-state index in [1.165, 1.54) is 20.3 Å². The molecule has 6 heteroatoms. The molecule has 0 amide bonds. The van der Waals surface area contributed by atoms with Crippen molar-refractivity contribution >= 4 is 22.6 Å². The van der Waals surface area contributed by atoms with Crippen LogP contribution < -0.4 is 20.8 Å². The van der Waals surface area contributed by atoms with Crippen molar-refractivity contribution in [3.8, 4) is 11.5 Å². The Bertz CT molecular complexity index is 1070. The van der Waals surface area contributed by atoms with E-state index >= 15 is 0 Å². The van der Waals surface area contributed by atoms with Gasteiger partial charge in [0, 0.05) is 24.8 Å². The van der Waals surface area contributed by atoms with Gasteiger partial charge in [-0.25, -0.2) is 0 Å². The highest BCUT2D eigenvalue weighted by atomic mass is 16.5. The zero-order valence-electron chi connectivity index (χ0n) is 14.9. The van der Waals surface area contributed by atoms with Crippen LogP contribution in [0.5, 0.6) is 11.5 Å². The molecule has 0 fully saturated rings. The Morgan fingerprint density at radius 2 is 2.08 bits per heavy atom. The molecule has 1 aliphatic rings. The number of phenols is 1. The predicted molar refractivity (Wildman–Crippen MR) is 98.5 cm³/mol. The molecule has 1 N–H and O–H groups in total. The molecular weight excluding hydrogens is 336 g/mol. The number of fused-ring (bicyclic) bond motifs is 2. The van der Waals surface area contributed by atoms with E-state index in [1.54, 1.807) is 31.6 Å². The van der Waals surface area contributed by atoms with Gasteiger partial charge in [-0.05, 0) is 18.1 Å². The molecule has 0 aliphatic heterocycles. The van der Waals surface area contributed by atoms with Crippen LogP contribution in [-0.4, -0.2) is 32.5 Å². The second-order valence-corrected chi connectivity index (χ2v) is 5.79. The first-order valence-electron chi connectivity index (χ1n) is 8.01. The maximum atomic E-state index is 13.2. The van der Waals surface area contributed by atoms with Gasteiger partial charge in [0.1, 0.15) is 34.0 Å². The molecule has 2 aromatic rings. The highest BCUT2D eigenvalue weighted by Crippen LogP contribution is 2.28. The molecule has 26 heavy (non-hydrogen) atoms. The average Bonchev–Trinajstić information content (AvgIpc) is 2.62. The number of hydrogen-bond acceptors (Lipinski definition) is 6. The summed E-state index contributed by atoms with van der Waals surface area (Å²) >= 11 is 0. The number of ether oxygens (including phenoxy) is 3. The van der Waals surface area contributed by atoms with Crippen LogP contribution in [0.4, 0.5) is 0 Å². The molecule has 1 aromatic carbocycles. The summed E-state index contributed by atoms with van der Waals surface area (Å²) in [5, 5.41) is 10.8. The largest absolute Gasteiger partial charge is 0.507 e. The van der Waals surface area contributed by atoms with Gasteiger partial charge >= 0.3 is 0 Å². The number of hydrogen-bond donors (Lipinski definition) is 1. The number of benzene rings is 1. The maximum absolute atomic E-state index is 13.2. The van der Waals surface area contributed by atoms with Gasteiger partial charge in [0.25, 0.3) is 0 Å². The van der Waals surface area contributed by atoms with Gasteiger partial charge < -0.3 is 23.7 Å². The van der Waals surface area contributed by atoms with Crippen LogP contribution in [0.15, 0.2) is 45.8 Å². The molecule has 6 nitrogen and oxygen atoms in total. The van der Waals surface area contributed by atoms with Gasteiger partial charge in [-0.1, -0.05) is 6.08 Å². The third-order valence-corrected chi connectivity index (χ3v) is 4.32. The van der Waals surface area contributed by atoms with E-state index in [9.17, 15) is 9.90 Å². The summed E-state index contributed by atoms with van der Waals surface area (Å²) in [7, 11) is 4.57. The Morgan fingerprint density at radius 3 is 2.69 bits per heavy atom. The van der Waals surface area contributed by atoms with E-state index in [1.807, 2.05) is 0 Å². The van der Waals surface area contributed by atoms with Crippen LogP contribution >= 0.6 is 0 Å². The molecule has 1 aliphatic carbocycles. The fourth-order valence-electron chi connectivity index (χ4n) is 3.18. The van der Waals surface area contributed by atoms with Gasteiger partial charge in [0.2, 0.25) is 5.43 Å². The van der Waals surface area contributed by atoms with Crippen molar-refractivity contribution in [1.29, 1.82) is 0 Å². The van der Waals surface area contributed by atoms with E-state index < -0.39 is 6.10 Å². The average molecular weight is 356 g/mol. The van der Waals surface area contributed by atoms with E-state index in [0.29, 0.717) is 34.0 Å². The van der Waals surface area contributed by atoms with Crippen molar-refractivity contribution in [2.24, 2.45) is 0 Å². The number of allylic oxidation sites excluding steroid dienone is 1. The number of methoxy groups -OCH3 is 3. The van der Waals surface area contributed by atoms with Crippen molar-refractivity contribution in [3.05, 3.63) is 57.5 Å². The predicted octanol–water partition coefficient (Wildman–Crippen LogP) is 1.57. The van der Waals surface area contributed by atoms with Crippen molar-refractivity contribution in [3.63, 3.8) is 0 Å². The van der Waals surface area contributed by atoms with Crippen molar-refractivity contribution in [1.82, 2.24) is 0 Å². The summed E-state index contributed by atoms with van der Waals surface area (Å²) in [6.45, 7) is 3.77. The summed E-state index contributed by atoms with van der Waals surface area (Å²) in [5.41, 5.74) is 1.70. The Hall–Kier alpha value is -2.99. The lowest BCUT2D eigenvalue weighted by Gasteiger charge is -2.21. The molecule has 1 atom stereocenters. The molecule has 0 bridgehead atoms. The summed E-state index contributed by atoms with van der Waals surface area (Å²) in [6, 6.07) is 2.95. The van der Waals surface area contributed by atoms with E-state index in [-0.39, 0.29) is 22.1 Å². The Balaban J connectivity index is 2.54. The van der Waals surface area contributed by atoms with Gasteiger partial charge in [-0.15, -0.1) is 6.58 Å². The van der Waals surface area contributed by atoms with Crippen LogP contribution in [0.3, 0.4) is 0 Å². The molecule has 0 spiro atoms. The van der Waals surface area contributed by atoms with Crippen LogP contribution in [0.2, 0.25) is 0 Å². The van der Waals surface area contributed by atoms with E-state index in [2.05, 4.69) is 6.58 Å². The molecule has 3 rings (SSSR count). The number of phenolic OH excluding ortho intramolecular Hbond substituents is 1. The van der Waals surface area contributed by atoms with Crippen LogP contribution in [0.25, 0.3) is 22.6 Å². The highest BCUT2D eigenvalue weighted by molar-refractivity contribution is 5.86. The maximum Gasteiger partial charge on any atom is 0.204 e. The fourth-order valence-corrected chi connectivity index (χ4v) is 3.18. The first kappa shape index (κ1) is 17.8. The normalized spacial score (nSPS) is 17.7. The van der Waals surface area contributed by atoms with E-state index in [4.69, 9.17) is 18.6 Å². The van der Waals surface area contributed by atoms with Crippen molar-refractivity contribution in [2.45, 2.75) is 12.5 Å². The zero-order valence-corrected chi connectivity index (χ0v) is 14.9. The van der Waals surface area contributed by atoms with E-state index in [0.717, 1.165) is 0 Å². The third-order valence-electron chi connectivity index (χ3n) is 4.32. The smallest absolute Gasteiger partial charge is 0.204 e. The monoisotopic (exact) mass is 356 g/mol. The van der Waals surface area contributed by atoms with Crippen LogP contribution in [0, 0.1) is 0 Å². The van der Waals surface area contributed by atoms with Gasteiger partial charge in [-0.2, -0.15) is 0 Å². The van der Waals surface area contributed by atoms with Crippen molar-refractivity contribution in [2.75, 3.05) is 21.3 Å². The minimum Gasteiger partial charge on any atom is -0.507 e. The molecular formula is C20H20O6. The summed E-state index contributed by atoms with van der Waals surface area (Å²) in [6.07, 6.45) is 4.94. The topological polar surface area (TPSA) is 78.1 Å². The first-order chi connectivity index (χ1) is 12.5. The molecule has 0 saturated carbocycles. The quantitative estimate of drug-likeness (QED) is 0.647.